The molecule has 1 aromatic carbocycles. The molecule has 0 aliphatic heterocycles. The van der Waals surface area contributed by atoms with Crippen LogP contribution in [0.15, 0.2) is 18.2 Å². The average molecular weight is 443 g/mol. The highest BCUT2D eigenvalue weighted by molar-refractivity contribution is 5.36. The van der Waals surface area contributed by atoms with E-state index in [2.05, 4.69) is 39.0 Å². The summed E-state index contributed by atoms with van der Waals surface area (Å²) < 4.78 is 0. The first-order chi connectivity index (χ1) is 15.8. The van der Waals surface area contributed by atoms with E-state index >= 15 is 0 Å². The van der Waals surface area contributed by atoms with Gasteiger partial charge in [0, 0.05) is 0 Å². The summed E-state index contributed by atoms with van der Waals surface area (Å²) in [5.74, 6) is 0. The van der Waals surface area contributed by atoms with E-state index in [9.17, 15) is 0 Å². The zero-order valence-electron chi connectivity index (χ0n) is 22.5. The zero-order valence-corrected chi connectivity index (χ0v) is 22.5. The van der Waals surface area contributed by atoms with Gasteiger partial charge in [0.1, 0.15) is 0 Å². The van der Waals surface area contributed by atoms with Gasteiger partial charge in [0.15, 0.2) is 0 Å². The van der Waals surface area contributed by atoms with Crippen LogP contribution in [0.25, 0.3) is 0 Å². The lowest BCUT2D eigenvalue weighted by atomic mass is 9.90. The van der Waals surface area contributed by atoms with Gasteiger partial charge in [-0.15, -0.1) is 0 Å². The Bertz CT molecular complexity index is 475. The maximum absolute atomic E-state index is 2.44. The Kier molecular flexibility index (Phi) is 20.1. The second-order valence-corrected chi connectivity index (χ2v) is 10.3. The molecule has 0 heterocycles. The van der Waals surface area contributed by atoms with Crippen LogP contribution < -0.4 is 0 Å². The molecule has 0 amide bonds. The number of hydrogen-bond donors (Lipinski definition) is 0. The van der Waals surface area contributed by atoms with E-state index in [1.54, 1.807) is 16.7 Å². The van der Waals surface area contributed by atoms with Crippen molar-refractivity contribution in [3.05, 3.63) is 34.9 Å². The predicted molar refractivity (Wildman–Crippen MR) is 147 cm³/mol. The second kappa shape index (κ2) is 22.0. The van der Waals surface area contributed by atoms with Gasteiger partial charge in [-0.1, -0.05) is 148 Å². The number of aryl methyl sites for hydroxylation is 2. The van der Waals surface area contributed by atoms with Crippen molar-refractivity contribution in [3.8, 4) is 0 Å². The Labute approximate surface area is 203 Å². The molecular formula is C32H58. The van der Waals surface area contributed by atoms with Crippen molar-refractivity contribution in [2.24, 2.45) is 0 Å². The van der Waals surface area contributed by atoms with Gasteiger partial charge in [0.25, 0.3) is 0 Å². The fraction of sp³-hybridized carbons (Fsp3) is 0.812. The minimum Gasteiger partial charge on any atom is -0.0654 e. The van der Waals surface area contributed by atoms with Gasteiger partial charge in [0.05, 0.1) is 0 Å². The molecule has 0 unspecified atom stereocenters. The van der Waals surface area contributed by atoms with Crippen LogP contribution in [0.1, 0.15) is 166 Å². The quantitative estimate of drug-likeness (QED) is 0.148. The summed E-state index contributed by atoms with van der Waals surface area (Å²) in [6, 6.07) is 7.23. The number of unbranched alkanes of at least 4 members (excludes halogenated alkanes) is 17. The Morgan fingerprint density at radius 1 is 0.375 bits per heavy atom. The van der Waals surface area contributed by atoms with Crippen molar-refractivity contribution >= 4 is 0 Å². The fourth-order valence-electron chi connectivity index (χ4n) is 5.08. The predicted octanol–water partition coefficient (Wildman–Crippen LogP) is 11.2. The third-order valence-corrected chi connectivity index (χ3v) is 7.25. The van der Waals surface area contributed by atoms with E-state index in [1.807, 2.05) is 0 Å². The summed E-state index contributed by atoms with van der Waals surface area (Å²) in [4.78, 5) is 0. The molecule has 186 valence electrons. The largest absolute Gasteiger partial charge is 0.0654 e. The lowest BCUT2D eigenvalue weighted by molar-refractivity contribution is 0.562. The summed E-state index contributed by atoms with van der Waals surface area (Å²) in [7, 11) is 0. The maximum atomic E-state index is 2.44. The third kappa shape index (κ3) is 15.1. The van der Waals surface area contributed by atoms with Gasteiger partial charge in [-0.05, 0) is 55.2 Å². The fourth-order valence-corrected chi connectivity index (χ4v) is 5.08. The highest BCUT2D eigenvalue weighted by Crippen LogP contribution is 2.23. The minimum atomic E-state index is 1.30. The van der Waals surface area contributed by atoms with Crippen molar-refractivity contribution in [2.45, 2.75) is 168 Å². The van der Waals surface area contributed by atoms with Crippen molar-refractivity contribution < 1.29 is 0 Å². The van der Waals surface area contributed by atoms with E-state index in [-0.39, 0.29) is 0 Å². The topological polar surface area (TPSA) is 0 Å². The van der Waals surface area contributed by atoms with E-state index in [0.717, 1.165) is 0 Å². The molecule has 0 aromatic heterocycles. The average Bonchev–Trinajstić information content (AvgIpc) is 2.81. The Morgan fingerprint density at radius 3 is 1.09 bits per heavy atom. The summed E-state index contributed by atoms with van der Waals surface area (Å²) in [6.07, 6.45) is 32.2. The van der Waals surface area contributed by atoms with Crippen LogP contribution >= 0.6 is 0 Å². The summed E-state index contributed by atoms with van der Waals surface area (Å²) in [5.41, 5.74) is 5.08. The van der Waals surface area contributed by atoms with Gasteiger partial charge in [-0.3, -0.25) is 0 Å². The molecule has 0 atom stereocenters. The summed E-state index contributed by atoms with van der Waals surface area (Å²) in [5, 5.41) is 0. The van der Waals surface area contributed by atoms with Crippen LogP contribution in [0, 0.1) is 0 Å². The normalized spacial score (nSPS) is 11.3. The lowest BCUT2D eigenvalue weighted by Gasteiger charge is -2.15. The van der Waals surface area contributed by atoms with E-state index in [1.165, 1.54) is 148 Å². The monoisotopic (exact) mass is 442 g/mol. The van der Waals surface area contributed by atoms with Crippen molar-refractivity contribution in [3.63, 3.8) is 0 Å². The Balaban J connectivity index is 2.33. The van der Waals surface area contributed by atoms with Crippen LogP contribution in [0.3, 0.4) is 0 Å². The minimum absolute atomic E-state index is 1.30. The standard InChI is InChI=1S/C32H58/c1-4-7-10-12-14-16-18-20-22-25-30-27-24-28-31(32(30)29-9-6-3)26-23-21-19-17-15-13-11-8-5-2/h24,27-28H,4-23,25-26,29H2,1-3H3. The number of hydrogen-bond acceptors (Lipinski definition) is 0. The van der Waals surface area contributed by atoms with Gasteiger partial charge in [0.2, 0.25) is 0 Å². The Hall–Kier alpha value is -0.780. The zero-order chi connectivity index (χ0) is 23.1. The van der Waals surface area contributed by atoms with Crippen LogP contribution in [0.4, 0.5) is 0 Å². The first kappa shape index (κ1) is 29.3. The van der Waals surface area contributed by atoms with Crippen molar-refractivity contribution in [1.82, 2.24) is 0 Å². The van der Waals surface area contributed by atoms with Crippen LogP contribution in [-0.2, 0) is 19.3 Å². The molecule has 0 aliphatic carbocycles. The molecule has 1 aromatic rings. The first-order valence-electron chi connectivity index (χ1n) is 14.9. The first-order valence-corrected chi connectivity index (χ1v) is 14.9. The van der Waals surface area contributed by atoms with Crippen LogP contribution in [0.5, 0.6) is 0 Å². The molecule has 0 spiro atoms. The summed E-state index contributed by atoms with van der Waals surface area (Å²) >= 11 is 0. The smallest absolute Gasteiger partial charge is 0.0274 e. The van der Waals surface area contributed by atoms with Gasteiger partial charge in [-0.25, -0.2) is 0 Å². The van der Waals surface area contributed by atoms with Crippen LogP contribution in [0.2, 0.25) is 0 Å². The van der Waals surface area contributed by atoms with Crippen molar-refractivity contribution in [2.75, 3.05) is 0 Å². The maximum Gasteiger partial charge on any atom is -0.0274 e. The molecule has 0 aliphatic rings. The summed E-state index contributed by atoms with van der Waals surface area (Å²) in [6.45, 7) is 6.95. The molecule has 32 heavy (non-hydrogen) atoms. The van der Waals surface area contributed by atoms with Gasteiger partial charge >= 0.3 is 0 Å². The lowest BCUT2D eigenvalue weighted by Crippen LogP contribution is -2.02. The van der Waals surface area contributed by atoms with Crippen molar-refractivity contribution in [1.29, 1.82) is 0 Å². The SMILES string of the molecule is CCCCCCCCCCCc1cccc(CCCCCCCCCCC)c1CCCC. The number of benzene rings is 1. The molecule has 0 bridgehead atoms. The molecule has 0 saturated carbocycles. The van der Waals surface area contributed by atoms with Gasteiger partial charge < -0.3 is 0 Å². The van der Waals surface area contributed by atoms with E-state index in [0.29, 0.717) is 0 Å². The molecule has 0 saturated heterocycles. The molecule has 0 radical (unpaired) electrons. The highest BCUT2D eigenvalue weighted by Gasteiger charge is 2.08. The number of rotatable bonds is 23. The van der Waals surface area contributed by atoms with Gasteiger partial charge in [-0.2, -0.15) is 0 Å². The van der Waals surface area contributed by atoms with Crippen LogP contribution in [-0.4, -0.2) is 0 Å². The Morgan fingerprint density at radius 2 is 0.719 bits per heavy atom. The molecule has 0 N–H and O–H groups in total. The molecule has 0 fully saturated rings. The van der Waals surface area contributed by atoms with E-state index in [4.69, 9.17) is 0 Å². The molecule has 1 rings (SSSR count). The highest BCUT2D eigenvalue weighted by atomic mass is 14.1. The van der Waals surface area contributed by atoms with E-state index < -0.39 is 0 Å². The molecule has 0 heteroatoms. The molecular weight excluding hydrogens is 384 g/mol. The molecule has 0 nitrogen and oxygen atoms in total. The second-order valence-electron chi connectivity index (χ2n) is 10.3. The third-order valence-electron chi connectivity index (χ3n) is 7.25.